The van der Waals surface area contributed by atoms with Crippen molar-refractivity contribution < 1.29 is 22.7 Å². The minimum absolute atomic E-state index is 0.377. The molecular weight excluding hydrogens is 270 g/mol. The van der Waals surface area contributed by atoms with Gasteiger partial charge in [-0.15, -0.1) is 0 Å². The van der Waals surface area contributed by atoms with Crippen LogP contribution in [0.25, 0.3) is 0 Å². The molecule has 1 heterocycles. The van der Waals surface area contributed by atoms with Gasteiger partial charge in [-0.3, -0.25) is 4.79 Å². The van der Waals surface area contributed by atoms with E-state index in [4.69, 9.17) is 9.47 Å². The van der Waals surface area contributed by atoms with Gasteiger partial charge in [0.1, 0.15) is 0 Å². The molecule has 0 aromatic carbocycles. The van der Waals surface area contributed by atoms with Crippen molar-refractivity contribution in [1.82, 2.24) is 4.72 Å². The Kier molecular flexibility index (Phi) is 4.17. The van der Waals surface area contributed by atoms with E-state index in [0.717, 1.165) is 6.42 Å². The van der Waals surface area contributed by atoms with Crippen LogP contribution in [0.15, 0.2) is 0 Å². The van der Waals surface area contributed by atoms with Crippen molar-refractivity contribution in [2.24, 2.45) is 5.92 Å². The molecule has 0 aromatic rings. The molecular formula is C12H21NO5S. The van der Waals surface area contributed by atoms with E-state index in [1.807, 2.05) is 6.92 Å². The van der Waals surface area contributed by atoms with Crippen LogP contribution in [-0.2, 0) is 24.3 Å². The molecule has 3 atom stereocenters. The molecule has 3 unspecified atom stereocenters. The lowest BCUT2D eigenvalue weighted by Crippen LogP contribution is -2.51. The van der Waals surface area contributed by atoms with E-state index in [1.165, 1.54) is 7.11 Å². The molecule has 1 saturated carbocycles. The Morgan fingerprint density at radius 3 is 2.74 bits per heavy atom. The average molecular weight is 291 g/mol. The maximum atomic E-state index is 12.5. The van der Waals surface area contributed by atoms with Gasteiger partial charge in [0.05, 0.1) is 30.4 Å². The first-order chi connectivity index (χ1) is 8.88. The van der Waals surface area contributed by atoms with E-state index in [1.54, 1.807) is 0 Å². The molecule has 0 amide bonds. The van der Waals surface area contributed by atoms with E-state index in [2.05, 4.69) is 4.72 Å². The average Bonchev–Trinajstić information content (AvgIpc) is 2.96. The number of rotatable bonds is 4. The number of ether oxygens (including phenoxy) is 2. The zero-order chi connectivity index (χ0) is 14.1. The molecule has 1 N–H and O–H groups in total. The van der Waals surface area contributed by atoms with Gasteiger partial charge in [-0.1, -0.05) is 6.42 Å². The summed E-state index contributed by atoms with van der Waals surface area (Å²) in [6.07, 6.45) is 2.47. The summed E-state index contributed by atoms with van der Waals surface area (Å²) in [7, 11) is -2.24. The number of sulfonamides is 1. The molecule has 19 heavy (non-hydrogen) atoms. The van der Waals surface area contributed by atoms with Crippen molar-refractivity contribution in [3.8, 4) is 0 Å². The van der Waals surface area contributed by atoms with Gasteiger partial charge in [-0.25, -0.2) is 13.1 Å². The SMILES string of the molecule is COC(=O)C1CCCC1S(=O)(=O)NC1(C)CCOC1. The molecule has 110 valence electrons. The topological polar surface area (TPSA) is 81.7 Å². The van der Waals surface area contributed by atoms with Crippen molar-refractivity contribution in [3.05, 3.63) is 0 Å². The molecule has 0 radical (unpaired) electrons. The van der Waals surface area contributed by atoms with Gasteiger partial charge in [0, 0.05) is 6.61 Å². The van der Waals surface area contributed by atoms with Gasteiger partial charge in [0.25, 0.3) is 0 Å². The van der Waals surface area contributed by atoms with Crippen molar-refractivity contribution in [2.45, 2.75) is 43.4 Å². The zero-order valence-electron chi connectivity index (χ0n) is 11.3. The van der Waals surface area contributed by atoms with Gasteiger partial charge >= 0.3 is 5.97 Å². The second-order valence-corrected chi connectivity index (χ2v) is 7.51. The van der Waals surface area contributed by atoms with Crippen LogP contribution in [-0.4, -0.2) is 45.5 Å². The van der Waals surface area contributed by atoms with Crippen LogP contribution in [0.5, 0.6) is 0 Å². The largest absolute Gasteiger partial charge is 0.469 e. The van der Waals surface area contributed by atoms with Crippen LogP contribution in [0.2, 0.25) is 0 Å². The fraction of sp³-hybridized carbons (Fsp3) is 0.917. The van der Waals surface area contributed by atoms with Crippen molar-refractivity contribution >= 4 is 16.0 Å². The predicted octanol–water partition coefficient (Wildman–Crippen LogP) is 0.427. The van der Waals surface area contributed by atoms with E-state index in [9.17, 15) is 13.2 Å². The Morgan fingerprint density at radius 1 is 1.42 bits per heavy atom. The van der Waals surface area contributed by atoms with E-state index in [-0.39, 0.29) is 0 Å². The second kappa shape index (κ2) is 5.38. The lowest BCUT2D eigenvalue weighted by atomic mass is 10.0. The molecule has 2 fully saturated rings. The number of methoxy groups -OCH3 is 1. The van der Waals surface area contributed by atoms with E-state index >= 15 is 0 Å². The van der Waals surface area contributed by atoms with Crippen molar-refractivity contribution in [3.63, 3.8) is 0 Å². The van der Waals surface area contributed by atoms with Crippen molar-refractivity contribution in [1.29, 1.82) is 0 Å². The first-order valence-electron chi connectivity index (χ1n) is 6.56. The number of carbonyl (C=O) groups is 1. The number of esters is 1. The van der Waals surface area contributed by atoms with Crippen LogP contribution in [0, 0.1) is 5.92 Å². The van der Waals surface area contributed by atoms with Gasteiger partial charge in [0.15, 0.2) is 0 Å². The summed E-state index contributed by atoms with van der Waals surface area (Å²) >= 11 is 0. The van der Waals surface area contributed by atoms with Crippen LogP contribution < -0.4 is 4.72 Å². The fourth-order valence-corrected chi connectivity index (χ4v) is 5.04. The van der Waals surface area contributed by atoms with Crippen LogP contribution >= 0.6 is 0 Å². The zero-order valence-corrected chi connectivity index (χ0v) is 12.2. The number of hydrogen-bond acceptors (Lipinski definition) is 5. The summed E-state index contributed by atoms with van der Waals surface area (Å²) in [5.41, 5.74) is -0.553. The Hall–Kier alpha value is -0.660. The van der Waals surface area contributed by atoms with E-state index in [0.29, 0.717) is 32.5 Å². The first kappa shape index (κ1) is 14.7. The summed E-state index contributed by atoms with van der Waals surface area (Å²) in [4.78, 5) is 11.6. The highest BCUT2D eigenvalue weighted by molar-refractivity contribution is 7.90. The molecule has 6 nitrogen and oxygen atoms in total. The third kappa shape index (κ3) is 3.09. The molecule has 0 spiro atoms. The summed E-state index contributed by atoms with van der Waals surface area (Å²) in [6.45, 7) is 2.77. The fourth-order valence-electron chi connectivity index (χ4n) is 2.89. The molecule has 2 aliphatic rings. The Labute approximate surface area is 113 Å². The Morgan fingerprint density at radius 2 is 2.16 bits per heavy atom. The predicted molar refractivity (Wildman–Crippen MR) is 69.0 cm³/mol. The van der Waals surface area contributed by atoms with Gasteiger partial charge in [-0.2, -0.15) is 0 Å². The van der Waals surface area contributed by atoms with Crippen LogP contribution in [0.4, 0.5) is 0 Å². The monoisotopic (exact) mass is 291 g/mol. The third-order valence-corrected chi connectivity index (χ3v) is 6.10. The van der Waals surface area contributed by atoms with Gasteiger partial charge in [0.2, 0.25) is 10.0 Å². The highest BCUT2D eigenvalue weighted by atomic mass is 32.2. The van der Waals surface area contributed by atoms with Gasteiger partial charge < -0.3 is 9.47 Å². The van der Waals surface area contributed by atoms with Gasteiger partial charge in [-0.05, 0) is 26.2 Å². The molecule has 1 aliphatic carbocycles. The minimum Gasteiger partial charge on any atom is -0.469 e. The maximum absolute atomic E-state index is 12.5. The lowest BCUT2D eigenvalue weighted by Gasteiger charge is -2.27. The summed E-state index contributed by atoms with van der Waals surface area (Å²) in [5.74, 6) is -0.978. The van der Waals surface area contributed by atoms with Crippen LogP contribution in [0.3, 0.4) is 0 Å². The molecule has 1 saturated heterocycles. The number of hydrogen-bond donors (Lipinski definition) is 1. The standard InChI is InChI=1S/C12H21NO5S/c1-12(6-7-18-8-12)13-19(15,16)10-5-3-4-9(10)11(14)17-2/h9-10,13H,3-8H2,1-2H3. The summed E-state index contributed by atoms with van der Waals surface area (Å²) in [6, 6.07) is 0. The minimum atomic E-state index is -3.54. The number of carbonyl (C=O) groups excluding carboxylic acids is 1. The molecule has 0 bridgehead atoms. The van der Waals surface area contributed by atoms with Crippen LogP contribution in [0.1, 0.15) is 32.6 Å². The quantitative estimate of drug-likeness (QED) is 0.759. The van der Waals surface area contributed by atoms with E-state index < -0.39 is 32.7 Å². The molecule has 2 rings (SSSR count). The molecule has 1 aliphatic heterocycles. The normalized spacial score (nSPS) is 35.5. The lowest BCUT2D eigenvalue weighted by molar-refractivity contribution is -0.145. The first-order valence-corrected chi connectivity index (χ1v) is 8.11. The molecule has 0 aromatic heterocycles. The Balaban J connectivity index is 2.12. The number of nitrogens with one attached hydrogen (secondary N) is 1. The second-order valence-electron chi connectivity index (χ2n) is 5.61. The highest BCUT2D eigenvalue weighted by Crippen LogP contribution is 2.33. The summed E-state index contributed by atoms with van der Waals surface area (Å²) in [5, 5.41) is -0.683. The Bertz CT molecular complexity index is 441. The summed E-state index contributed by atoms with van der Waals surface area (Å²) < 4.78 is 37.6. The molecule has 7 heteroatoms. The maximum Gasteiger partial charge on any atom is 0.310 e. The smallest absolute Gasteiger partial charge is 0.310 e. The highest BCUT2D eigenvalue weighted by Gasteiger charge is 2.45. The third-order valence-electron chi connectivity index (χ3n) is 3.96. The van der Waals surface area contributed by atoms with Crippen molar-refractivity contribution in [2.75, 3.05) is 20.3 Å².